The molecule has 0 aliphatic heterocycles. The number of hydrogen-bond acceptors (Lipinski definition) is 1. The van der Waals surface area contributed by atoms with E-state index in [-0.39, 0.29) is 0 Å². The van der Waals surface area contributed by atoms with Gasteiger partial charge in [0.25, 0.3) is 0 Å². The topological polar surface area (TPSA) is 24.4 Å². The van der Waals surface area contributed by atoms with Gasteiger partial charge >= 0.3 is 0 Å². The molecule has 114 valence electrons. The predicted molar refractivity (Wildman–Crippen MR) is 88.1 cm³/mol. The van der Waals surface area contributed by atoms with Crippen LogP contribution in [0, 0.1) is 0 Å². The molecule has 1 N–H and O–H groups in total. The minimum Gasteiger partial charge on any atom is -0.374 e. The van der Waals surface area contributed by atoms with Gasteiger partial charge in [-0.05, 0) is 19.3 Å². The molecule has 0 amide bonds. The van der Waals surface area contributed by atoms with Gasteiger partial charge in [0.1, 0.15) is 0 Å². The van der Waals surface area contributed by atoms with Crippen molar-refractivity contribution in [1.29, 1.82) is 0 Å². The Morgan fingerprint density at radius 3 is 2.05 bits per heavy atom. The standard InChI is InChI=1S/C17H36N2/c1-4-7-10-11-14-17(18-15-12-8-5-2)19-16-13-9-6-3/h4-16H2,1-3H3,(H,18,19). The predicted octanol–water partition coefficient (Wildman–Crippen LogP) is 5.33. The first-order chi connectivity index (χ1) is 9.35. The summed E-state index contributed by atoms with van der Waals surface area (Å²) in [5.41, 5.74) is 0. The molecule has 0 rings (SSSR count). The summed E-state index contributed by atoms with van der Waals surface area (Å²) in [6.45, 7) is 8.89. The average Bonchev–Trinajstić information content (AvgIpc) is 2.43. The maximum atomic E-state index is 4.76. The molecule has 0 radical (unpaired) electrons. The van der Waals surface area contributed by atoms with Gasteiger partial charge in [-0.15, -0.1) is 0 Å². The lowest BCUT2D eigenvalue weighted by molar-refractivity contribution is 0.656. The zero-order valence-corrected chi connectivity index (χ0v) is 13.6. The van der Waals surface area contributed by atoms with Crippen molar-refractivity contribution in [3.8, 4) is 0 Å². The SMILES string of the molecule is CCCCCCC(=NCCCCC)NCCCCC. The lowest BCUT2D eigenvalue weighted by Crippen LogP contribution is -2.25. The molecule has 0 spiro atoms. The highest BCUT2D eigenvalue weighted by atomic mass is 15.0. The first-order valence-electron chi connectivity index (χ1n) is 8.62. The van der Waals surface area contributed by atoms with E-state index in [9.17, 15) is 0 Å². The Morgan fingerprint density at radius 1 is 0.737 bits per heavy atom. The summed E-state index contributed by atoms with van der Waals surface area (Å²) in [6.07, 6.45) is 14.2. The molecular weight excluding hydrogens is 232 g/mol. The maximum Gasteiger partial charge on any atom is 0.0963 e. The van der Waals surface area contributed by atoms with Gasteiger partial charge in [-0.2, -0.15) is 0 Å². The van der Waals surface area contributed by atoms with E-state index < -0.39 is 0 Å². The third-order valence-corrected chi connectivity index (χ3v) is 3.44. The highest BCUT2D eigenvalue weighted by Crippen LogP contribution is 2.04. The molecule has 0 aromatic heterocycles. The van der Waals surface area contributed by atoms with Crippen molar-refractivity contribution < 1.29 is 0 Å². The van der Waals surface area contributed by atoms with Crippen LogP contribution in [0.5, 0.6) is 0 Å². The van der Waals surface area contributed by atoms with E-state index in [2.05, 4.69) is 26.1 Å². The van der Waals surface area contributed by atoms with Crippen LogP contribution in [0.4, 0.5) is 0 Å². The number of aliphatic imine (C=N–C) groups is 1. The van der Waals surface area contributed by atoms with Gasteiger partial charge in [-0.3, -0.25) is 4.99 Å². The number of amidine groups is 1. The Balaban J connectivity index is 3.84. The smallest absolute Gasteiger partial charge is 0.0963 e. The van der Waals surface area contributed by atoms with Gasteiger partial charge in [-0.25, -0.2) is 0 Å². The number of nitrogens with zero attached hydrogens (tertiary/aromatic N) is 1. The fraction of sp³-hybridized carbons (Fsp3) is 0.941. The minimum atomic E-state index is 1.01. The number of nitrogens with one attached hydrogen (secondary N) is 1. The second-order valence-corrected chi connectivity index (χ2v) is 5.48. The zero-order chi connectivity index (χ0) is 14.2. The molecular formula is C17H36N2. The normalized spacial score (nSPS) is 11.8. The lowest BCUT2D eigenvalue weighted by Gasteiger charge is -2.10. The molecule has 0 atom stereocenters. The van der Waals surface area contributed by atoms with Crippen LogP contribution in [0.25, 0.3) is 0 Å². The van der Waals surface area contributed by atoms with E-state index in [1.807, 2.05) is 0 Å². The largest absolute Gasteiger partial charge is 0.374 e. The Kier molecular flexibility index (Phi) is 15.1. The fourth-order valence-corrected chi connectivity index (χ4v) is 2.13. The monoisotopic (exact) mass is 268 g/mol. The molecule has 19 heavy (non-hydrogen) atoms. The van der Waals surface area contributed by atoms with Gasteiger partial charge in [0.15, 0.2) is 0 Å². The summed E-state index contributed by atoms with van der Waals surface area (Å²) >= 11 is 0. The summed E-state index contributed by atoms with van der Waals surface area (Å²) < 4.78 is 0. The molecule has 0 heterocycles. The molecule has 0 bridgehead atoms. The Labute approximate surface area is 121 Å². The van der Waals surface area contributed by atoms with Gasteiger partial charge in [-0.1, -0.05) is 65.7 Å². The Morgan fingerprint density at radius 2 is 1.37 bits per heavy atom. The summed E-state index contributed by atoms with van der Waals surface area (Å²) in [4.78, 5) is 4.76. The molecule has 0 fully saturated rings. The van der Waals surface area contributed by atoms with Crippen LogP contribution in [0.2, 0.25) is 0 Å². The summed E-state index contributed by atoms with van der Waals surface area (Å²) in [5.74, 6) is 1.27. The van der Waals surface area contributed by atoms with Crippen molar-refractivity contribution in [3.05, 3.63) is 0 Å². The average molecular weight is 268 g/mol. The van der Waals surface area contributed by atoms with Crippen LogP contribution in [-0.4, -0.2) is 18.9 Å². The molecule has 0 aromatic rings. The van der Waals surface area contributed by atoms with Crippen molar-refractivity contribution in [2.45, 2.75) is 91.4 Å². The molecule has 0 aliphatic carbocycles. The van der Waals surface area contributed by atoms with E-state index in [1.54, 1.807) is 0 Å². The fourth-order valence-electron chi connectivity index (χ4n) is 2.13. The van der Waals surface area contributed by atoms with E-state index in [0.717, 1.165) is 19.5 Å². The van der Waals surface area contributed by atoms with Gasteiger partial charge in [0.2, 0.25) is 0 Å². The quantitative estimate of drug-likeness (QED) is 0.273. The summed E-state index contributed by atoms with van der Waals surface area (Å²) in [5, 5.41) is 3.56. The van der Waals surface area contributed by atoms with Gasteiger partial charge < -0.3 is 5.32 Å². The number of rotatable bonds is 13. The lowest BCUT2D eigenvalue weighted by atomic mass is 10.1. The molecule has 0 saturated heterocycles. The summed E-state index contributed by atoms with van der Waals surface area (Å²) in [6, 6.07) is 0. The molecule has 0 unspecified atom stereocenters. The number of hydrogen-bond donors (Lipinski definition) is 1. The van der Waals surface area contributed by atoms with Crippen LogP contribution >= 0.6 is 0 Å². The van der Waals surface area contributed by atoms with Gasteiger partial charge in [0, 0.05) is 19.5 Å². The van der Waals surface area contributed by atoms with Crippen LogP contribution in [-0.2, 0) is 0 Å². The maximum absolute atomic E-state index is 4.76. The second kappa shape index (κ2) is 15.5. The third kappa shape index (κ3) is 13.7. The molecule has 0 saturated carbocycles. The first-order valence-corrected chi connectivity index (χ1v) is 8.62. The van der Waals surface area contributed by atoms with Crippen LogP contribution < -0.4 is 5.32 Å². The molecule has 2 heteroatoms. The van der Waals surface area contributed by atoms with Crippen molar-refractivity contribution in [1.82, 2.24) is 5.32 Å². The van der Waals surface area contributed by atoms with E-state index in [1.165, 1.54) is 70.0 Å². The summed E-state index contributed by atoms with van der Waals surface area (Å²) in [7, 11) is 0. The highest BCUT2D eigenvalue weighted by molar-refractivity contribution is 5.82. The molecule has 2 nitrogen and oxygen atoms in total. The molecule has 0 aromatic carbocycles. The van der Waals surface area contributed by atoms with Gasteiger partial charge in [0.05, 0.1) is 5.84 Å². The van der Waals surface area contributed by atoms with Crippen LogP contribution in [0.1, 0.15) is 91.4 Å². The third-order valence-electron chi connectivity index (χ3n) is 3.44. The first kappa shape index (κ1) is 18.5. The molecule has 0 aliphatic rings. The number of unbranched alkanes of at least 4 members (excludes halogenated alkanes) is 7. The van der Waals surface area contributed by atoms with Crippen molar-refractivity contribution >= 4 is 5.84 Å². The van der Waals surface area contributed by atoms with Crippen molar-refractivity contribution in [3.63, 3.8) is 0 Å². The van der Waals surface area contributed by atoms with E-state index in [4.69, 9.17) is 4.99 Å². The van der Waals surface area contributed by atoms with Crippen LogP contribution in [0.15, 0.2) is 4.99 Å². The minimum absolute atomic E-state index is 1.01. The van der Waals surface area contributed by atoms with Crippen molar-refractivity contribution in [2.75, 3.05) is 13.1 Å². The highest BCUT2D eigenvalue weighted by Gasteiger charge is 1.99. The van der Waals surface area contributed by atoms with E-state index >= 15 is 0 Å². The van der Waals surface area contributed by atoms with Crippen LogP contribution in [0.3, 0.4) is 0 Å². The Hall–Kier alpha value is -0.530. The Bertz CT molecular complexity index is 185. The van der Waals surface area contributed by atoms with Crippen molar-refractivity contribution in [2.24, 2.45) is 4.99 Å². The van der Waals surface area contributed by atoms with E-state index in [0.29, 0.717) is 0 Å². The second-order valence-electron chi connectivity index (χ2n) is 5.48. The zero-order valence-electron chi connectivity index (χ0n) is 13.6.